The maximum absolute atomic E-state index is 13.7. The van der Waals surface area contributed by atoms with Gasteiger partial charge in [-0.15, -0.1) is 0 Å². The predicted molar refractivity (Wildman–Crippen MR) is 88.3 cm³/mol. The normalized spacial score (nSPS) is 16.1. The Bertz CT molecular complexity index is 798. The minimum atomic E-state index is -3.53. The van der Waals surface area contributed by atoms with E-state index in [0.29, 0.717) is 37.5 Å². The van der Waals surface area contributed by atoms with Gasteiger partial charge in [0.15, 0.2) is 0 Å². The molecule has 0 amide bonds. The van der Waals surface area contributed by atoms with Crippen molar-refractivity contribution in [2.75, 3.05) is 20.1 Å². The maximum Gasteiger partial charge on any atom is 0.276 e. The van der Waals surface area contributed by atoms with Crippen molar-refractivity contribution < 1.29 is 17.2 Å². The van der Waals surface area contributed by atoms with Gasteiger partial charge in [-0.2, -0.15) is 4.31 Å². The first-order valence-electron chi connectivity index (χ1n) is 7.97. The summed E-state index contributed by atoms with van der Waals surface area (Å²) in [5.41, 5.74) is 0.594. The molecule has 1 fully saturated rings. The van der Waals surface area contributed by atoms with Crippen LogP contribution in [0.4, 0.5) is 4.39 Å². The quantitative estimate of drug-likeness (QED) is 0.802. The largest absolute Gasteiger partial charge is 0.447 e. The first-order valence-corrected chi connectivity index (χ1v) is 9.41. The highest BCUT2D eigenvalue weighted by Crippen LogP contribution is 2.23. The minimum Gasteiger partial charge on any atom is -0.447 e. The summed E-state index contributed by atoms with van der Waals surface area (Å²) >= 11 is 0. The molecule has 0 N–H and O–H groups in total. The van der Waals surface area contributed by atoms with Crippen molar-refractivity contribution in [1.29, 1.82) is 0 Å². The van der Waals surface area contributed by atoms with Crippen LogP contribution in [0.15, 0.2) is 45.9 Å². The molecule has 0 unspecified atom stereocenters. The van der Waals surface area contributed by atoms with Crippen molar-refractivity contribution in [3.05, 3.63) is 53.5 Å². The smallest absolute Gasteiger partial charge is 0.276 e. The van der Waals surface area contributed by atoms with Gasteiger partial charge in [-0.25, -0.2) is 12.8 Å². The molecule has 0 atom stereocenters. The van der Waals surface area contributed by atoms with Gasteiger partial charge in [-0.3, -0.25) is 4.90 Å². The van der Waals surface area contributed by atoms with Crippen molar-refractivity contribution in [3.8, 4) is 0 Å². The molecule has 0 radical (unpaired) electrons. The highest BCUT2D eigenvalue weighted by atomic mass is 32.2. The van der Waals surface area contributed by atoms with E-state index >= 15 is 0 Å². The average molecular weight is 352 g/mol. The van der Waals surface area contributed by atoms with Gasteiger partial charge in [0.1, 0.15) is 11.6 Å². The number of halogens is 1. The highest BCUT2D eigenvalue weighted by Gasteiger charge is 2.30. The maximum atomic E-state index is 13.7. The summed E-state index contributed by atoms with van der Waals surface area (Å²) in [6.45, 7) is 1.92. The highest BCUT2D eigenvalue weighted by molar-refractivity contribution is 7.89. The molecule has 3 rings (SSSR count). The number of rotatable bonds is 6. The van der Waals surface area contributed by atoms with Crippen LogP contribution in [0, 0.1) is 5.82 Å². The van der Waals surface area contributed by atoms with Crippen LogP contribution in [0.1, 0.15) is 24.2 Å². The Kier molecular flexibility index (Phi) is 5.03. The summed E-state index contributed by atoms with van der Waals surface area (Å²) in [5.74, 6) is 0.299. The summed E-state index contributed by atoms with van der Waals surface area (Å²) in [6.07, 6.45) is 1.77. The molecule has 1 aromatic heterocycles. The first-order chi connectivity index (χ1) is 11.5. The van der Waals surface area contributed by atoms with Crippen molar-refractivity contribution >= 4 is 10.0 Å². The molecule has 130 valence electrons. The second-order valence-electron chi connectivity index (χ2n) is 6.10. The second-order valence-corrected chi connectivity index (χ2v) is 7.96. The summed E-state index contributed by atoms with van der Waals surface area (Å²) in [7, 11) is -1.69. The zero-order valence-electron chi connectivity index (χ0n) is 13.6. The van der Waals surface area contributed by atoms with Crippen LogP contribution >= 0.6 is 0 Å². The van der Waals surface area contributed by atoms with Crippen LogP contribution in [0.5, 0.6) is 0 Å². The van der Waals surface area contributed by atoms with E-state index in [4.69, 9.17) is 4.42 Å². The SMILES string of the molecule is CN(Cc1ccc(S(=O)(=O)N2CCCC2)o1)Cc1ccccc1F. The molecular formula is C17H21FN2O3S. The molecule has 2 heterocycles. The zero-order valence-corrected chi connectivity index (χ0v) is 14.4. The van der Waals surface area contributed by atoms with E-state index in [1.165, 1.54) is 16.4 Å². The Morgan fingerprint density at radius 3 is 2.54 bits per heavy atom. The van der Waals surface area contributed by atoms with E-state index in [0.717, 1.165) is 12.8 Å². The fourth-order valence-corrected chi connectivity index (χ4v) is 4.32. The van der Waals surface area contributed by atoms with Gasteiger partial charge in [0.05, 0.1) is 6.54 Å². The van der Waals surface area contributed by atoms with Crippen molar-refractivity contribution in [2.45, 2.75) is 31.0 Å². The second kappa shape index (κ2) is 7.04. The molecule has 0 saturated carbocycles. The van der Waals surface area contributed by atoms with Crippen LogP contribution in [-0.4, -0.2) is 37.8 Å². The third-order valence-corrected chi connectivity index (χ3v) is 5.89. The Morgan fingerprint density at radius 1 is 1.12 bits per heavy atom. The third kappa shape index (κ3) is 3.68. The van der Waals surface area contributed by atoms with Gasteiger partial charge < -0.3 is 4.42 Å². The predicted octanol–water partition coefficient (Wildman–Crippen LogP) is 2.84. The van der Waals surface area contributed by atoms with Gasteiger partial charge in [-0.1, -0.05) is 18.2 Å². The Balaban J connectivity index is 1.66. The van der Waals surface area contributed by atoms with E-state index in [-0.39, 0.29) is 10.9 Å². The monoisotopic (exact) mass is 352 g/mol. The van der Waals surface area contributed by atoms with E-state index in [2.05, 4.69) is 0 Å². The number of nitrogens with zero attached hydrogens (tertiary/aromatic N) is 2. The van der Waals surface area contributed by atoms with Gasteiger partial charge in [0.25, 0.3) is 10.0 Å². The Morgan fingerprint density at radius 2 is 1.83 bits per heavy atom. The molecule has 5 nitrogen and oxygen atoms in total. The number of furan rings is 1. The van der Waals surface area contributed by atoms with Crippen LogP contribution in [-0.2, 0) is 23.1 Å². The molecule has 1 saturated heterocycles. The molecule has 1 aliphatic rings. The molecule has 2 aromatic rings. The van der Waals surface area contributed by atoms with Crippen molar-refractivity contribution in [1.82, 2.24) is 9.21 Å². The molecule has 1 aliphatic heterocycles. The van der Waals surface area contributed by atoms with Crippen LogP contribution in [0.25, 0.3) is 0 Å². The van der Waals surface area contributed by atoms with Crippen LogP contribution in [0.3, 0.4) is 0 Å². The zero-order chi connectivity index (χ0) is 17.2. The summed E-state index contributed by atoms with van der Waals surface area (Å²) < 4.78 is 45.6. The molecule has 0 aliphatic carbocycles. The molecule has 0 spiro atoms. The lowest BCUT2D eigenvalue weighted by molar-refractivity contribution is 0.270. The number of sulfonamides is 1. The fourth-order valence-electron chi connectivity index (χ4n) is 2.88. The topological polar surface area (TPSA) is 53.8 Å². The number of hydrogen-bond acceptors (Lipinski definition) is 4. The van der Waals surface area contributed by atoms with Gasteiger partial charge >= 0.3 is 0 Å². The molecular weight excluding hydrogens is 331 g/mol. The Hall–Kier alpha value is -1.70. The summed E-state index contributed by atoms with van der Waals surface area (Å²) in [6, 6.07) is 9.77. The van der Waals surface area contributed by atoms with E-state index < -0.39 is 10.0 Å². The summed E-state index contributed by atoms with van der Waals surface area (Å²) in [5, 5.41) is -0.0151. The molecule has 7 heteroatoms. The number of hydrogen-bond donors (Lipinski definition) is 0. The van der Waals surface area contributed by atoms with Crippen LogP contribution in [0.2, 0.25) is 0 Å². The lowest BCUT2D eigenvalue weighted by Crippen LogP contribution is -2.27. The van der Waals surface area contributed by atoms with Gasteiger partial charge in [-0.05, 0) is 38.1 Å². The lowest BCUT2D eigenvalue weighted by atomic mass is 10.2. The van der Waals surface area contributed by atoms with E-state index in [1.807, 2.05) is 11.9 Å². The van der Waals surface area contributed by atoms with Gasteiger partial charge in [0, 0.05) is 25.2 Å². The lowest BCUT2D eigenvalue weighted by Gasteiger charge is -2.16. The minimum absolute atomic E-state index is 0.0151. The standard InChI is InChI=1S/C17H21FN2O3S/c1-19(12-14-6-2-3-7-16(14)18)13-15-8-9-17(23-15)24(21,22)20-10-4-5-11-20/h2-3,6-9H,4-5,10-13H2,1H3. The third-order valence-electron chi connectivity index (χ3n) is 4.12. The van der Waals surface area contributed by atoms with E-state index in [9.17, 15) is 12.8 Å². The summed E-state index contributed by atoms with van der Waals surface area (Å²) in [4.78, 5) is 1.88. The van der Waals surface area contributed by atoms with Gasteiger partial charge in [0.2, 0.25) is 5.09 Å². The first kappa shape index (κ1) is 17.1. The van der Waals surface area contributed by atoms with Crippen LogP contribution < -0.4 is 0 Å². The molecule has 0 bridgehead atoms. The van der Waals surface area contributed by atoms with Crippen molar-refractivity contribution in [3.63, 3.8) is 0 Å². The van der Waals surface area contributed by atoms with Crippen molar-refractivity contribution in [2.24, 2.45) is 0 Å². The molecule has 24 heavy (non-hydrogen) atoms. The van der Waals surface area contributed by atoms with E-state index in [1.54, 1.807) is 24.3 Å². The Labute approximate surface area is 141 Å². The average Bonchev–Trinajstić information content (AvgIpc) is 3.21. The fraction of sp³-hybridized carbons (Fsp3) is 0.412. The molecule has 1 aromatic carbocycles. The number of benzene rings is 1.